The number of hydrogen-bond acceptors (Lipinski definition) is 2. The van der Waals surface area contributed by atoms with Crippen LogP contribution in [-0.2, 0) is 9.53 Å². The van der Waals surface area contributed by atoms with Gasteiger partial charge in [-0.15, -0.1) is 0 Å². The van der Waals surface area contributed by atoms with Gasteiger partial charge in [-0.05, 0) is 23.0 Å². The average molecular weight is 263 g/mol. The Bertz CT molecular complexity index is 396. The molecule has 1 atom stereocenters. The highest BCUT2D eigenvalue weighted by molar-refractivity contribution is 5.77. The van der Waals surface area contributed by atoms with Gasteiger partial charge in [0.05, 0.1) is 6.04 Å². The first kappa shape index (κ1) is 15.7. The zero-order chi connectivity index (χ0) is 14.4. The van der Waals surface area contributed by atoms with E-state index >= 15 is 0 Å². The van der Waals surface area contributed by atoms with E-state index in [1.54, 1.807) is 0 Å². The second-order valence-corrected chi connectivity index (χ2v) is 5.54. The fourth-order valence-electron chi connectivity index (χ4n) is 2.07. The summed E-state index contributed by atoms with van der Waals surface area (Å²) in [5.41, 5.74) is 2.46. The molecule has 3 heteroatoms. The summed E-state index contributed by atoms with van der Waals surface area (Å²) in [6.07, 6.45) is 0. The van der Waals surface area contributed by atoms with Crippen molar-refractivity contribution in [2.24, 2.45) is 5.92 Å². The number of amides is 1. The van der Waals surface area contributed by atoms with Crippen LogP contribution < -0.4 is 5.32 Å². The summed E-state index contributed by atoms with van der Waals surface area (Å²) in [6, 6.07) is 8.51. The summed E-state index contributed by atoms with van der Waals surface area (Å²) in [5.74, 6) is 0.787. The van der Waals surface area contributed by atoms with Crippen LogP contribution in [0, 0.1) is 5.92 Å². The van der Waals surface area contributed by atoms with Crippen LogP contribution >= 0.6 is 0 Å². The molecule has 1 rings (SSSR count). The highest BCUT2D eigenvalue weighted by atomic mass is 16.5. The van der Waals surface area contributed by atoms with Crippen LogP contribution in [0.2, 0.25) is 0 Å². The first-order chi connectivity index (χ1) is 8.95. The van der Waals surface area contributed by atoms with E-state index in [0.717, 1.165) is 5.56 Å². The molecule has 1 aromatic rings. The Balaban J connectivity index is 2.84. The Labute approximate surface area is 116 Å². The van der Waals surface area contributed by atoms with E-state index in [-0.39, 0.29) is 18.6 Å². The quantitative estimate of drug-likeness (QED) is 0.855. The first-order valence-corrected chi connectivity index (χ1v) is 6.83. The van der Waals surface area contributed by atoms with E-state index in [9.17, 15) is 4.79 Å². The third-order valence-electron chi connectivity index (χ3n) is 3.22. The average Bonchev–Trinajstić information content (AvgIpc) is 2.36. The summed E-state index contributed by atoms with van der Waals surface area (Å²) >= 11 is 0. The smallest absolute Gasteiger partial charge is 0.246 e. The number of nitrogens with one attached hydrogen (secondary N) is 1. The van der Waals surface area contributed by atoms with Crippen molar-refractivity contribution >= 4 is 5.91 Å². The summed E-state index contributed by atoms with van der Waals surface area (Å²) in [5, 5.41) is 3.02. The molecule has 0 spiro atoms. The van der Waals surface area contributed by atoms with Crippen LogP contribution in [0.4, 0.5) is 0 Å². The van der Waals surface area contributed by atoms with Crippen LogP contribution in [0.3, 0.4) is 0 Å². The van der Waals surface area contributed by atoms with E-state index in [1.807, 2.05) is 0 Å². The maximum atomic E-state index is 11.7. The summed E-state index contributed by atoms with van der Waals surface area (Å²) in [7, 11) is 1.53. The van der Waals surface area contributed by atoms with Crippen molar-refractivity contribution in [1.82, 2.24) is 5.32 Å². The number of rotatable bonds is 6. The van der Waals surface area contributed by atoms with Crippen LogP contribution in [0.15, 0.2) is 24.3 Å². The second kappa shape index (κ2) is 7.29. The maximum absolute atomic E-state index is 11.7. The molecular formula is C16H25NO2. The molecule has 19 heavy (non-hydrogen) atoms. The minimum Gasteiger partial charge on any atom is -0.375 e. The lowest BCUT2D eigenvalue weighted by molar-refractivity contribution is -0.125. The largest absolute Gasteiger partial charge is 0.375 e. The fraction of sp³-hybridized carbons (Fsp3) is 0.562. The fourth-order valence-corrected chi connectivity index (χ4v) is 2.07. The number of benzene rings is 1. The molecule has 0 aliphatic heterocycles. The summed E-state index contributed by atoms with van der Waals surface area (Å²) < 4.78 is 4.86. The van der Waals surface area contributed by atoms with Gasteiger partial charge in [-0.25, -0.2) is 0 Å². The predicted octanol–water partition coefficient (Wildman–Crippen LogP) is 3.27. The lowest BCUT2D eigenvalue weighted by Crippen LogP contribution is -2.34. The number of carbonyl (C=O) groups excluding carboxylic acids is 1. The Hall–Kier alpha value is -1.35. The Morgan fingerprint density at radius 1 is 1.11 bits per heavy atom. The third kappa shape index (κ3) is 4.67. The SMILES string of the molecule is COCC(=O)NC(c1ccc(C(C)C)cc1)C(C)C. The zero-order valence-electron chi connectivity index (χ0n) is 12.6. The van der Waals surface area contributed by atoms with Gasteiger partial charge >= 0.3 is 0 Å². The predicted molar refractivity (Wildman–Crippen MR) is 78.1 cm³/mol. The van der Waals surface area contributed by atoms with Gasteiger partial charge in [-0.2, -0.15) is 0 Å². The van der Waals surface area contributed by atoms with E-state index in [4.69, 9.17) is 4.74 Å². The van der Waals surface area contributed by atoms with Crippen LogP contribution in [0.5, 0.6) is 0 Å². The number of hydrogen-bond donors (Lipinski definition) is 1. The minimum absolute atomic E-state index is 0.0314. The normalized spacial score (nSPS) is 12.8. The van der Waals surface area contributed by atoms with Crippen LogP contribution in [0.25, 0.3) is 0 Å². The number of ether oxygens (including phenoxy) is 1. The standard InChI is InChI=1S/C16H25NO2/c1-11(2)13-6-8-14(9-7-13)16(12(3)4)17-15(18)10-19-5/h6-9,11-12,16H,10H2,1-5H3,(H,17,18). The number of methoxy groups -OCH3 is 1. The lowest BCUT2D eigenvalue weighted by atomic mass is 9.93. The molecule has 0 saturated carbocycles. The molecule has 106 valence electrons. The molecule has 0 heterocycles. The molecule has 0 fully saturated rings. The van der Waals surface area contributed by atoms with Crippen molar-refractivity contribution in [1.29, 1.82) is 0 Å². The van der Waals surface area contributed by atoms with Crippen molar-refractivity contribution in [3.05, 3.63) is 35.4 Å². The molecule has 3 nitrogen and oxygen atoms in total. The molecule has 1 amide bonds. The van der Waals surface area contributed by atoms with Gasteiger partial charge < -0.3 is 10.1 Å². The van der Waals surface area contributed by atoms with Crippen molar-refractivity contribution < 1.29 is 9.53 Å². The molecule has 1 unspecified atom stereocenters. The van der Waals surface area contributed by atoms with Crippen molar-refractivity contribution in [3.8, 4) is 0 Å². The Morgan fingerprint density at radius 2 is 1.63 bits per heavy atom. The van der Waals surface area contributed by atoms with E-state index < -0.39 is 0 Å². The highest BCUT2D eigenvalue weighted by Crippen LogP contribution is 2.24. The molecule has 1 N–H and O–H groups in total. The summed E-state index contributed by atoms with van der Waals surface area (Å²) in [6.45, 7) is 8.67. The van der Waals surface area contributed by atoms with Gasteiger partial charge in [0, 0.05) is 7.11 Å². The van der Waals surface area contributed by atoms with Gasteiger partial charge in [-0.3, -0.25) is 4.79 Å². The Kier molecular flexibility index (Phi) is 6.03. The van der Waals surface area contributed by atoms with Crippen LogP contribution in [0.1, 0.15) is 50.8 Å². The molecule has 0 aromatic heterocycles. The van der Waals surface area contributed by atoms with Crippen molar-refractivity contribution in [2.75, 3.05) is 13.7 Å². The first-order valence-electron chi connectivity index (χ1n) is 6.83. The highest BCUT2D eigenvalue weighted by Gasteiger charge is 2.18. The molecule has 0 bridgehead atoms. The maximum Gasteiger partial charge on any atom is 0.246 e. The van der Waals surface area contributed by atoms with E-state index in [0.29, 0.717) is 11.8 Å². The third-order valence-corrected chi connectivity index (χ3v) is 3.22. The molecule has 0 radical (unpaired) electrons. The lowest BCUT2D eigenvalue weighted by Gasteiger charge is -2.23. The Morgan fingerprint density at radius 3 is 2.05 bits per heavy atom. The number of carbonyl (C=O) groups is 1. The minimum atomic E-state index is -0.0749. The monoisotopic (exact) mass is 263 g/mol. The van der Waals surface area contributed by atoms with Crippen molar-refractivity contribution in [3.63, 3.8) is 0 Å². The van der Waals surface area contributed by atoms with Gasteiger partial charge in [-0.1, -0.05) is 52.0 Å². The van der Waals surface area contributed by atoms with Gasteiger partial charge in [0.15, 0.2) is 0 Å². The molecule has 0 aliphatic rings. The zero-order valence-corrected chi connectivity index (χ0v) is 12.6. The van der Waals surface area contributed by atoms with Crippen molar-refractivity contribution in [2.45, 2.75) is 39.7 Å². The topological polar surface area (TPSA) is 38.3 Å². The molecular weight excluding hydrogens is 238 g/mol. The van der Waals surface area contributed by atoms with Crippen LogP contribution in [-0.4, -0.2) is 19.6 Å². The van der Waals surface area contributed by atoms with Gasteiger partial charge in [0.2, 0.25) is 5.91 Å². The van der Waals surface area contributed by atoms with E-state index in [2.05, 4.69) is 57.3 Å². The second-order valence-electron chi connectivity index (χ2n) is 5.54. The molecule has 1 aromatic carbocycles. The molecule has 0 saturated heterocycles. The van der Waals surface area contributed by atoms with Gasteiger partial charge in [0.1, 0.15) is 6.61 Å². The van der Waals surface area contributed by atoms with Gasteiger partial charge in [0.25, 0.3) is 0 Å². The molecule has 0 aliphatic carbocycles. The van der Waals surface area contributed by atoms with E-state index in [1.165, 1.54) is 12.7 Å². The summed E-state index contributed by atoms with van der Waals surface area (Å²) in [4.78, 5) is 11.7.